The van der Waals surface area contributed by atoms with Gasteiger partial charge in [0.15, 0.2) is 6.61 Å². The molecule has 0 aliphatic heterocycles. The first-order chi connectivity index (χ1) is 13.3. The van der Waals surface area contributed by atoms with Gasteiger partial charge in [0.25, 0.3) is 5.91 Å². The van der Waals surface area contributed by atoms with Gasteiger partial charge < -0.3 is 10.1 Å². The van der Waals surface area contributed by atoms with Crippen LogP contribution in [-0.2, 0) is 19.6 Å². The molecule has 1 aromatic carbocycles. The van der Waals surface area contributed by atoms with Crippen LogP contribution >= 0.6 is 0 Å². The van der Waals surface area contributed by atoms with E-state index in [9.17, 15) is 18.0 Å². The molecule has 1 aliphatic carbocycles. The first-order valence-electron chi connectivity index (χ1n) is 9.86. The number of rotatable bonds is 8. The number of benzene rings is 1. The zero-order valence-electron chi connectivity index (χ0n) is 16.8. The van der Waals surface area contributed by atoms with Gasteiger partial charge in [0, 0.05) is 19.1 Å². The first-order valence-corrected chi connectivity index (χ1v) is 11.3. The van der Waals surface area contributed by atoms with Crippen LogP contribution in [0.15, 0.2) is 29.2 Å². The SMILES string of the molecule is CCN(CC)S(=O)(=O)c1ccc(C(=O)OCC(=O)N[C@@H]2CCCC[C@H]2C)cc1. The molecule has 2 atom stereocenters. The zero-order chi connectivity index (χ0) is 20.7. The number of hydrogen-bond acceptors (Lipinski definition) is 5. The van der Waals surface area contributed by atoms with Crippen molar-refractivity contribution in [3.05, 3.63) is 29.8 Å². The monoisotopic (exact) mass is 410 g/mol. The lowest BCUT2D eigenvalue weighted by molar-refractivity contribution is -0.125. The molecular weight excluding hydrogens is 380 g/mol. The number of sulfonamides is 1. The summed E-state index contributed by atoms with van der Waals surface area (Å²) in [5.74, 6) is -0.542. The molecule has 0 heterocycles. The van der Waals surface area contributed by atoms with Crippen molar-refractivity contribution in [2.75, 3.05) is 19.7 Å². The van der Waals surface area contributed by atoms with Crippen LogP contribution in [0.5, 0.6) is 0 Å². The molecule has 0 unspecified atom stereocenters. The molecule has 8 heteroatoms. The van der Waals surface area contributed by atoms with Gasteiger partial charge in [0.05, 0.1) is 10.5 Å². The van der Waals surface area contributed by atoms with E-state index in [2.05, 4.69) is 12.2 Å². The molecule has 156 valence electrons. The van der Waals surface area contributed by atoms with Crippen LogP contribution in [0.4, 0.5) is 0 Å². The van der Waals surface area contributed by atoms with Crippen molar-refractivity contribution >= 4 is 21.9 Å². The maximum absolute atomic E-state index is 12.5. The quantitative estimate of drug-likeness (QED) is 0.665. The van der Waals surface area contributed by atoms with E-state index in [-0.39, 0.29) is 29.0 Å². The second-order valence-corrected chi connectivity index (χ2v) is 9.06. The van der Waals surface area contributed by atoms with E-state index in [4.69, 9.17) is 4.74 Å². The van der Waals surface area contributed by atoms with Gasteiger partial charge in [-0.2, -0.15) is 4.31 Å². The molecule has 1 aliphatic rings. The minimum atomic E-state index is -3.57. The standard InChI is InChI=1S/C20H30N2O5S/c1-4-22(5-2)28(25,26)17-12-10-16(11-13-17)20(24)27-14-19(23)21-18-9-7-6-8-15(18)3/h10-13,15,18H,4-9,14H2,1-3H3,(H,21,23)/t15-,18-/m1/s1. The fourth-order valence-electron chi connectivity index (χ4n) is 3.47. The molecular formula is C20H30N2O5S. The van der Waals surface area contributed by atoms with E-state index in [0.717, 1.165) is 19.3 Å². The fourth-order valence-corrected chi connectivity index (χ4v) is 4.93. The Balaban J connectivity index is 1.91. The van der Waals surface area contributed by atoms with Crippen molar-refractivity contribution in [2.45, 2.75) is 57.4 Å². The van der Waals surface area contributed by atoms with E-state index >= 15 is 0 Å². The van der Waals surface area contributed by atoms with Crippen molar-refractivity contribution in [3.8, 4) is 0 Å². The Labute approximate surface area is 167 Å². The number of nitrogens with zero attached hydrogens (tertiary/aromatic N) is 1. The molecule has 1 fully saturated rings. The zero-order valence-corrected chi connectivity index (χ0v) is 17.6. The Hall–Kier alpha value is -1.93. The summed E-state index contributed by atoms with van der Waals surface area (Å²) in [6, 6.07) is 5.70. The molecule has 7 nitrogen and oxygen atoms in total. The molecule has 0 saturated heterocycles. The number of ether oxygens (including phenoxy) is 1. The van der Waals surface area contributed by atoms with Crippen molar-refractivity contribution < 1.29 is 22.7 Å². The smallest absolute Gasteiger partial charge is 0.338 e. The summed E-state index contributed by atoms with van der Waals surface area (Å²) in [6.45, 7) is 6.05. The summed E-state index contributed by atoms with van der Waals surface area (Å²) in [6.07, 6.45) is 4.32. The maximum Gasteiger partial charge on any atom is 0.338 e. The molecule has 1 N–H and O–H groups in total. The second-order valence-electron chi connectivity index (χ2n) is 7.13. The largest absolute Gasteiger partial charge is 0.452 e. The third kappa shape index (κ3) is 5.54. The summed E-state index contributed by atoms with van der Waals surface area (Å²) in [5.41, 5.74) is 0.206. The number of esters is 1. The molecule has 1 amide bonds. The lowest BCUT2D eigenvalue weighted by Gasteiger charge is -2.29. The van der Waals surface area contributed by atoms with Crippen molar-refractivity contribution in [2.24, 2.45) is 5.92 Å². The van der Waals surface area contributed by atoms with Gasteiger partial charge in [-0.25, -0.2) is 13.2 Å². The number of amides is 1. The van der Waals surface area contributed by atoms with Crippen molar-refractivity contribution in [3.63, 3.8) is 0 Å². The van der Waals surface area contributed by atoms with Gasteiger partial charge in [0.2, 0.25) is 10.0 Å². The van der Waals surface area contributed by atoms with E-state index in [1.165, 1.54) is 35.0 Å². The predicted octanol–water partition coefficient (Wildman–Crippen LogP) is 2.57. The predicted molar refractivity (Wildman–Crippen MR) is 106 cm³/mol. The molecule has 0 radical (unpaired) electrons. The minimum absolute atomic E-state index is 0.122. The molecule has 1 saturated carbocycles. The number of hydrogen-bond donors (Lipinski definition) is 1. The Bertz CT molecular complexity index is 772. The van der Waals surface area contributed by atoms with E-state index in [1.54, 1.807) is 13.8 Å². The van der Waals surface area contributed by atoms with Crippen molar-refractivity contribution in [1.82, 2.24) is 9.62 Å². The van der Waals surface area contributed by atoms with Crippen molar-refractivity contribution in [1.29, 1.82) is 0 Å². The Morgan fingerprint density at radius 1 is 1.11 bits per heavy atom. The minimum Gasteiger partial charge on any atom is -0.452 e. The summed E-state index contributed by atoms with van der Waals surface area (Å²) in [7, 11) is -3.57. The highest BCUT2D eigenvalue weighted by Crippen LogP contribution is 2.23. The van der Waals surface area contributed by atoms with Gasteiger partial charge >= 0.3 is 5.97 Å². The Morgan fingerprint density at radius 3 is 2.29 bits per heavy atom. The van der Waals surface area contributed by atoms with E-state index in [1.807, 2.05) is 0 Å². The van der Waals surface area contributed by atoms with Gasteiger partial charge in [-0.3, -0.25) is 4.79 Å². The van der Waals surface area contributed by atoms with Gasteiger partial charge in [-0.15, -0.1) is 0 Å². The summed E-state index contributed by atoms with van der Waals surface area (Å²) >= 11 is 0. The van der Waals surface area contributed by atoms with Crippen LogP contribution in [0.1, 0.15) is 56.8 Å². The fraction of sp³-hybridized carbons (Fsp3) is 0.600. The average molecular weight is 411 g/mol. The van der Waals surface area contributed by atoms with E-state index < -0.39 is 16.0 Å². The van der Waals surface area contributed by atoms with Crippen LogP contribution in [0.3, 0.4) is 0 Å². The molecule has 28 heavy (non-hydrogen) atoms. The van der Waals surface area contributed by atoms with Crippen LogP contribution in [0, 0.1) is 5.92 Å². The van der Waals surface area contributed by atoms with Crippen LogP contribution in [0.2, 0.25) is 0 Å². The molecule has 0 spiro atoms. The highest BCUT2D eigenvalue weighted by molar-refractivity contribution is 7.89. The highest BCUT2D eigenvalue weighted by atomic mass is 32.2. The van der Waals surface area contributed by atoms with Crippen LogP contribution in [0.25, 0.3) is 0 Å². The van der Waals surface area contributed by atoms with Gasteiger partial charge in [-0.05, 0) is 43.0 Å². The molecule has 0 aromatic heterocycles. The molecule has 2 rings (SSSR count). The second kappa shape index (κ2) is 10.0. The van der Waals surface area contributed by atoms with E-state index in [0.29, 0.717) is 19.0 Å². The third-order valence-corrected chi connectivity index (χ3v) is 7.29. The highest BCUT2D eigenvalue weighted by Gasteiger charge is 2.24. The summed E-state index contributed by atoms with van der Waals surface area (Å²) in [4.78, 5) is 24.3. The average Bonchev–Trinajstić information content (AvgIpc) is 2.68. The van der Waals surface area contributed by atoms with Gasteiger partial charge in [-0.1, -0.05) is 33.6 Å². The summed E-state index contributed by atoms with van der Waals surface area (Å²) in [5, 5.41) is 2.93. The topological polar surface area (TPSA) is 92.8 Å². The van der Waals surface area contributed by atoms with Gasteiger partial charge in [0.1, 0.15) is 0 Å². The number of nitrogens with one attached hydrogen (secondary N) is 1. The Morgan fingerprint density at radius 2 is 1.71 bits per heavy atom. The number of carbonyl (C=O) groups is 2. The first kappa shape index (κ1) is 22.4. The third-order valence-electron chi connectivity index (χ3n) is 5.23. The lowest BCUT2D eigenvalue weighted by atomic mass is 9.86. The molecule has 0 bridgehead atoms. The van der Waals surface area contributed by atoms with Crippen LogP contribution < -0.4 is 5.32 Å². The Kier molecular flexibility index (Phi) is 8.00. The normalized spacial score (nSPS) is 20.0. The summed E-state index contributed by atoms with van der Waals surface area (Å²) < 4.78 is 31.3. The number of carbonyl (C=O) groups excluding carboxylic acids is 2. The maximum atomic E-state index is 12.5. The van der Waals surface area contributed by atoms with Crippen LogP contribution in [-0.4, -0.2) is 50.3 Å². The lowest BCUT2D eigenvalue weighted by Crippen LogP contribution is -2.42. The molecule has 1 aromatic rings.